The Morgan fingerprint density at radius 1 is 1.31 bits per heavy atom. The number of carbonyl (C=O) groups excluding carboxylic acids is 1. The molecule has 0 aliphatic rings. The number of halogens is 1. The molecule has 0 unspecified atom stereocenters. The smallest absolute Gasteiger partial charge is 0.341 e. The molecule has 0 amide bonds. The lowest BCUT2D eigenvalue weighted by Crippen LogP contribution is -2.04. The highest BCUT2D eigenvalue weighted by atomic mass is 19.1. The van der Waals surface area contributed by atoms with Gasteiger partial charge in [0.15, 0.2) is 0 Å². The molecule has 16 heavy (non-hydrogen) atoms. The molecule has 3 nitrogen and oxygen atoms in total. The molecule has 0 N–H and O–H groups in total. The van der Waals surface area contributed by atoms with Crippen LogP contribution in [0, 0.1) is 5.82 Å². The molecule has 0 bridgehead atoms. The van der Waals surface area contributed by atoms with Gasteiger partial charge in [-0.1, -0.05) is 18.2 Å². The first-order chi connectivity index (χ1) is 7.77. The summed E-state index contributed by atoms with van der Waals surface area (Å²) in [5.41, 5.74) is 0.663. The number of rotatable bonds is 3. The van der Waals surface area contributed by atoms with Crippen LogP contribution >= 0.6 is 0 Å². The summed E-state index contributed by atoms with van der Waals surface area (Å²) in [5.74, 6) is -0.917. The van der Waals surface area contributed by atoms with Crippen molar-refractivity contribution in [2.75, 3.05) is 0 Å². The van der Waals surface area contributed by atoms with Crippen molar-refractivity contribution in [3.05, 3.63) is 59.8 Å². The average molecular weight is 220 g/mol. The Labute approximate surface area is 91.5 Å². The molecule has 4 heteroatoms. The molecule has 0 aliphatic heterocycles. The van der Waals surface area contributed by atoms with E-state index in [2.05, 4.69) is 0 Å². The minimum Gasteiger partial charge on any atom is -0.472 e. The number of carbonyl (C=O) groups is 1. The molecule has 0 aliphatic carbocycles. The van der Waals surface area contributed by atoms with Gasteiger partial charge in [0.05, 0.1) is 11.8 Å². The number of ether oxygens (including phenoxy) is 1. The molecule has 0 fully saturated rings. The minimum absolute atomic E-state index is 0.0866. The molecule has 1 aromatic heterocycles. The normalized spacial score (nSPS) is 10.1. The zero-order valence-electron chi connectivity index (χ0n) is 8.35. The lowest BCUT2D eigenvalue weighted by atomic mass is 10.2. The molecule has 82 valence electrons. The summed E-state index contributed by atoms with van der Waals surface area (Å²) in [6, 6.07) is 7.64. The number of hydrogen-bond donors (Lipinski definition) is 0. The van der Waals surface area contributed by atoms with Crippen LogP contribution in [0.4, 0.5) is 4.39 Å². The maximum absolute atomic E-state index is 13.2. The molecule has 0 radical (unpaired) electrons. The van der Waals surface area contributed by atoms with Gasteiger partial charge in [-0.25, -0.2) is 9.18 Å². The van der Waals surface area contributed by atoms with E-state index < -0.39 is 5.97 Å². The first kappa shape index (κ1) is 10.4. The molecular weight excluding hydrogens is 211 g/mol. The molecule has 2 rings (SSSR count). The van der Waals surface area contributed by atoms with Crippen molar-refractivity contribution in [1.29, 1.82) is 0 Å². The second-order valence-corrected chi connectivity index (χ2v) is 3.18. The fraction of sp³-hybridized carbons (Fsp3) is 0.0833. The second-order valence-electron chi connectivity index (χ2n) is 3.18. The first-order valence-electron chi connectivity index (χ1n) is 4.70. The van der Waals surface area contributed by atoms with Gasteiger partial charge in [-0.05, 0) is 12.1 Å². The summed E-state index contributed by atoms with van der Waals surface area (Å²) in [6.07, 6.45) is 2.66. The van der Waals surface area contributed by atoms with Crippen molar-refractivity contribution in [2.45, 2.75) is 6.61 Å². The quantitative estimate of drug-likeness (QED) is 0.746. The Kier molecular flexibility index (Phi) is 3.00. The van der Waals surface area contributed by atoms with Crippen molar-refractivity contribution in [3.63, 3.8) is 0 Å². The van der Waals surface area contributed by atoms with Crippen molar-refractivity contribution < 1.29 is 18.3 Å². The predicted molar refractivity (Wildman–Crippen MR) is 54.2 cm³/mol. The fourth-order valence-electron chi connectivity index (χ4n) is 1.22. The van der Waals surface area contributed by atoms with Gasteiger partial charge in [0.1, 0.15) is 18.7 Å². The van der Waals surface area contributed by atoms with Crippen LogP contribution in [-0.2, 0) is 11.3 Å². The summed E-state index contributed by atoms with van der Waals surface area (Å²) in [5, 5.41) is 0. The summed E-state index contributed by atoms with van der Waals surface area (Å²) >= 11 is 0. The molecule has 0 saturated heterocycles. The van der Waals surface area contributed by atoms with Gasteiger partial charge in [0, 0.05) is 5.56 Å². The van der Waals surface area contributed by atoms with Gasteiger partial charge in [-0.3, -0.25) is 0 Å². The maximum atomic E-state index is 13.2. The third kappa shape index (κ3) is 2.28. The third-order valence-electron chi connectivity index (χ3n) is 2.07. The topological polar surface area (TPSA) is 39.4 Å². The van der Waals surface area contributed by atoms with E-state index in [9.17, 15) is 9.18 Å². The van der Waals surface area contributed by atoms with Gasteiger partial charge in [-0.2, -0.15) is 0 Å². The van der Waals surface area contributed by atoms with Gasteiger partial charge in [0.2, 0.25) is 0 Å². The van der Waals surface area contributed by atoms with E-state index in [0.29, 0.717) is 11.1 Å². The Morgan fingerprint density at radius 3 is 2.81 bits per heavy atom. The number of benzene rings is 1. The van der Waals surface area contributed by atoms with E-state index in [1.165, 1.54) is 24.7 Å². The standard InChI is InChI=1S/C12H9FO3/c13-11-4-2-1-3-9(11)8-16-12(14)10-5-6-15-7-10/h1-7H,8H2. The molecule has 1 heterocycles. The molecule has 2 aromatic rings. The maximum Gasteiger partial charge on any atom is 0.341 e. The van der Waals surface area contributed by atoms with Crippen LogP contribution in [0.5, 0.6) is 0 Å². The van der Waals surface area contributed by atoms with Crippen molar-refractivity contribution in [3.8, 4) is 0 Å². The van der Waals surface area contributed by atoms with Crippen molar-refractivity contribution >= 4 is 5.97 Å². The van der Waals surface area contributed by atoms with Crippen LogP contribution in [0.2, 0.25) is 0 Å². The van der Waals surface area contributed by atoms with E-state index in [4.69, 9.17) is 9.15 Å². The molecule has 0 spiro atoms. The summed E-state index contributed by atoms with van der Waals surface area (Å²) in [6.45, 7) is -0.0866. The SMILES string of the molecule is O=C(OCc1ccccc1F)c1ccoc1. The van der Waals surface area contributed by atoms with E-state index in [0.717, 1.165) is 0 Å². The highest BCUT2D eigenvalue weighted by molar-refractivity contribution is 5.88. The van der Waals surface area contributed by atoms with Crippen LogP contribution in [0.25, 0.3) is 0 Å². The van der Waals surface area contributed by atoms with Crippen LogP contribution < -0.4 is 0 Å². The van der Waals surface area contributed by atoms with Crippen molar-refractivity contribution in [1.82, 2.24) is 0 Å². The summed E-state index contributed by atoms with van der Waals surface area (Å²) in [4.78, 5) is 11.4. The first-order valence-corrected chi connectivity index (χ1v) is 4.70. The predicted octanol–water partition coefficient (Wildman–Crippen LogP) is 2.78. The monoisotopic (exact) mass is 220 g/mol. The third-order valence-corrected chi connectivity index (χ3v) is 2.07. The fourth-order valence-corrected chi connectivity index (χ4v) is 1.22. The molecule has 1 aromatic carbocycles. The van der Waals surface area contributed by atoms with Gasteiger partial charge in [0.25, 0.3) is 0 Å². The van der Waals surface area contributed by atoms with Crippen molar-refractivity contribution in [2.24, 2.45) is 0 Å². The van der Waals surface area contributed by atoms with Gasteiger partial charge >= 0.3 is 5.97 Å². The van der Waals surface area contributed by atoms with E-state index in [-0.39, 0.29) is 12.4 Å². The highest BCUT2D eigenvalue weighted by Gasteiger charge is 2.09. The van der Waals surface area contributed by atoms with E-state index in [1.54, 1.807) is 18.2 Å². The Morgan fingerprint density at radius 2 is 2.12 bits per heavy atom. The van der Waals surface area contributed by atoms with E-state index in [1.807, 2.05) is 0 Å². The molecule has 0 saturated carbocycles. The molecular formula is C12H9FO3. The zero-order chi connectivity index (χ0) is 11.4. The average Bonchev–Trinajstić information content (AvgIpc) is 2.81. The number of furan rings is 1. The van der Waals surface area contributed by atoms with E-state index >= 15 is 0 Å². The highest BCUT2D eigenvalue weighted by Crippen LogP contribution is 2.10. The number of esters is 1. The van der Waals surface area contributed by atoms with Gasteiger partial charge in [-0.15, -0.1) is 0 Å². The van der Waals surface area contributed by atoms with Crippen LogP contribution in [0.3, 0.4) is 0 Å². The van der Waals surface area contributed by atoms with Gasteiger partial charge < -0.3 is 9.15 Å². The minimum atomic E-state index is -0.531. The van der Waals surface area contributed by atoms with Crippen LogP contribution in [0.15, 0.2) is 47.3 Å². The zero-order valence-corrected chi connectivity index (χ0v) is 8.35. The second kappa shape index (κ2) is 4.61. The lowest BCUT2D eigenvalue weighted by Gasteiger charge is -2.03. The van der Waals surface area contributed by atoms with Crippen LogP contribution in [0.1, 0.15) is 15.9 Å². The number of hydrogen-bond acceptors (Lipinski definition) is 3. The largest absolute Gasteiger partial charge is 0.472 e. The Hall–Kier alpha value is -2.10. The Bertz CT molecular complexity index is 477. The summed E-state index contributed by atoms with van der Waals surface area (Å²) < 4.78 is 22.8. The Balaban J connectivity index is 1.98. The lowest BCUT2D eigenvalue weighted by molar-refractivity contribution is 0.0468. The molecule has 0 atom stereocenters. The summed E-state index contributed by atoms with van der Waals surface area (Å²) in [7, 11) is 0. The van der Waals surface area contributed by atoms with Crippen LogP contribution in [-0.4, -0.2) is 5.97 Å².